The summed E-state index contributed by atoms with van der Waals surface area (Å²) in [5.41, 5.74) is 1.78. The van der Waals surface area contributed by atoms with E-state index in [0.29, 0.717) is 19.1 Å². The Morgan fingerprint density at radius 3 is 2.48 bits per heavy atom. The summed E-state index contributed by atoms with van der Waals surface area (Å²) in [6.45, 7) is 4.80. The number of hydrogen-bond donors (Lipinski definition) is 1. The van der Waals surface area contributed by atoms with Gasteiger partial charge in [0, 0.05) is 24.8 Å². The van der Waals surface area contributed by atoms with E-state index in [4.69, 9.17) is 4.74 Å². The normalized spacial score (nSPS) is 20.8. The third kappa shape index (κ3) is 3.52. The number of halogens is 2. The van der Waals surface area contributed by atoms with Gasteiger partial charge in [-0.3, -0.25) is 0 Å². The zero-order chi connectivity index (χ0) is 14.7. The molecule has 2 saturated heterocycles. The lowest BCUT2D eigenvalue weighted by atomic mass is 9.90. The second kappa shape index (κ2) is 6.71. The predicted molar refractivity (Wildman–Crippen MR) is 78.7 cm³/mol. The SMILES string of the molecule is Fc1cc(CC2CCNCC2)c(N2CCOCC2)cc1F. The Balaban J connectivity index is 1.83. The van der Waals surface area contributed by atoms with Crippen molar-refractivity contribution in [3.05, 3.63) is 29.3 Å². The fourth-order valence-corrected chi connectivity index (χ4v) is 3.24. The molecule has 116 valence electrons. The molecule has 2 aliphatic rings. The van der Waals surface area contributed by atoms with Gasteiger partial charge >= 0.3 is 0 Å². The first-order chi connectivity index (χ1) is 10.2. The summed E-state index contributed by atoms with van der Waals surface area (Å²) in [6.07, 6.45) is 3.02. The summed E-state index contributed by atoms with van der Waals surface area (Å²) in [7, 11) is 0. The van der Waals surface area contributed by atoms with Crippen LogP contribution in [0, 0.1) is 17.6 Å². The summed E-state index contributed by atoms with van der Waals surface area (Å²) in [5, 5.41) is 3.34. The van der Waals surface area contributed by atoms with Crippen molar-refractivity contribution in [1.82, 2.24) is 5.32 Å². The molecule has 0 aliphatic carbocycles. The largest absolute Gasteiger partial charge is 0.378 e. The number of ether oxygens (including phenoxy) is 1. The van der Waals surface area contributed by atoms with Gasteiger partial charge in [0.25, 0.3) is 0 Å². The fourth-order valence-electron chi connectivity index (χ4n) is 3.24. The van der Waals surface area contributed by atoms with Gasteiger partial charge in [-0.2, -0.15) is 0 Å². The lowest BCUT2D eigenvalue weighted by Crippen LogP contribution is -2.37. The van der Waals surface area contributed by atoms with Crippen LogP contribution < -0.4 is 10.2 Å². The highest BCUT2D eigenvalue weighted by Crippen LogP contribution is 2.29. The standard InChI is InChI=1S/C16H22F2N2O/c17-14-10-13(9-12-1-3-19-4-2-12)16(11-15(14)18)20-5-7-21-8-6-20/h10-12,19H,1-9H2. The van der Waals surface area contributed by atoms with Crippen molar-refractivity contribution in [3.8, 4) is 0 Å². The van der Waals surface area contributed by atoms with Crippen LogP contribution in [0.15, 0.2) is 12.1 Å². The number of morpholine rings is 1. The Morgan fingerprint density at radius 1 is 1.10 bits per heavy atom. The van der Waals surface area contributed by atoms with E-state index in [1.165, 1.54) is 12.1 Å². The minimum atomic E-state index is -0.759. The number of nitrogens with one attached hydrogen (secondary N) is 1. The average molecular weight is 296 g/mol. The van der Waals surface area contributed by atoms with Gasteiger partial charge in [0.2, 0.25) is 0 Å². The molecule has 2 fully saturated rings. The van der Waals surface area contributed by atoms with Crippen LogP contribution in [-0.2, 0) is 11.2 Å². The number of rotatable bonds is 3. The molecule has 0 spiro atoms. The van der Waals surface area contributed by atoms with E-state index in [9.17, 15) is 8.78 Å². The highest BCUT2D eigenvalue weighted by atomic mass is 19.2. The topological polar surface area (TPSA) is 24.5 Å². The molecule has 1 aromatic rings. The minimum Gasteiger partial charge on any atom is -0.378 e. The molecule has 1 aromatic carbocycles. The maximum atomic E-state index is 13.7. The molecule has 3 nitrogen and oxygen atoms in total. The first kappa shape index (κ1) is 14.7. The van der Waals surface area contributed by atoms with Gasteiger partial charge < -0.3 is 15.0 Å². The highest BCUT2D eigenvalue weighted by molar-refractivity contribution is 5.54. The van der Waals surface area contributed by atoms with E-state index in [2.05, 4.69) is 10.2 Å². The van der Waals surface area contributed by atoms with Crippen molar-refractivity contribution in [3.63, 3.8) is 0 Å². The molecule has 0 amide bonds. The van der Waals surface area contributed by atoms with Crippen LogP contribution in [0.25, 0.3) is 0 Å². The number of nitrogens with zero attached hydrogens (tertiary/aromatic N) is 1. The van der Waals surface area contributed by atoms with Crippen LogP contribution in [-0.4, -0.2) is 39.4 Å². The van der Waals surface area contributed by atoms with Gasteiger partial charge in [-0.05, 0) is 49.9 Å². The van der Waals surface area contributed by atoms with E-state index in [1.54, 1.807) is 0 Å². The first-order valence-electron chi connectivity index (χ1n) is 7.75. The molecular formula is C16H22F2N2O. The highest BCUT2D eigenvalue weighted by Gasteiger charge is 2.21. The van der Waals surface area contributed by atoms with Gasteiger partial charge in [0.1, 0.15) is 0 Å². The van der Waals surface area contributed by atoms with Crippen molar-refractivity contribution >= 4 is 5.69 Å². The van der Waals surface area contributed by atoms with Gasteiger partial charge in [0.05, 0.1) is 13.2 Å². The molecule has 2 aliphatic heterocycles. The Bertz CT molecular complexity index is 483. The van der Waals surface area contributed by atoms with Crippen molar-refractivity contribution in [2.75, 3.05) is 44.3 Å². The van der Waals surface area contributed by atoms with E-state index in [1.807, 2.05) is 0 Å². The van der Waals surface area contributed by atoms with E-state index >= 15 is 0 Å². The quantitative estimate of drug-likeness (QED) is 0.926. The van der Waals surface area contributed by atoms with Crippen LogP contribution in [0.3, 0.4) is 0 Å². The maximum Gasteiger partial charge on any atom is 0.160 e. The zero-order valence-corrected chi connectivity index (χ0v) is 12.2. The number of hydrogen-bond acceptors (Lipinski definition) is 3. The van der Waals surface area contributed by atoms with E-state index < -0.39 is 11.6 Å². The minimum absolute atomic E-state index is 0.552. The smallest absolute Gasteiger partial charge is 0.160 e. The van der Waals surface area contributed by atoms with Crippen LogP contribution >= 0.6 is 0 Å². The van der Waals surface area contributed by atoms with Crippen molar-refractivity contribution < 1.29 is 13.5 Å². The fraction of sp³-hybridized carbons (Fsp3) is 0.625. The Kier molecular flexibility index (Phi) is 4.70. The first-order valence-corrected chi connectivity index (χ1v) is 7.75. The number of piperidine rings is 1. The molecule has 0 atom stereocenters. The van der Waals surface area contributed by atoms with Gasteiger partial charge in [0.15, 0.2) is 11.6 Å². The van der Waals surface area contributed by atoms with Gasteiger partial charge in [-0.25, -0.2) is 8.78 Å². The summed E-state index contributed by atoms with van der Waals surface area (Å²) in [6, 6.07) is 2.75. The van der Waals surface area contributed by atoms with Crippen LogP contribution in [0.4, 0.5) is 14.5 Å². The summed E-state index contributed by atoms with van der Waals surface area (Å²) in [4.78, 5) is 2.11. The summed E-state index contributed by atoms with van der Waals surface area (Å²) in [5.74, 6) is -0.947. The Hall–Kier alpha value is -1.20. The molecule has 5 heteroatoms. The maximum absolute atomic E-state index is 13.7. The molecule has 21 heavy (non-hydrogen) atoms. The third-order valence-electron chi connectivity index (χ3n) is 4.44. The second-order valence-electron chi connectivity index (χ2n) is 5.89. The molecule has 0 saturated carbocycles. The van der Waals surface area contributed by atoms with Gasteiger partial charge in [-0.15, -0.1) is 0 Å². The predicted octanol–water partition coefficient (Wildman–Crippen LogP) is 2.34. The van der Waals surface area contributed by atoms with Crippen molar-refractivity contribution in [2.24, 2.45) is 5.92 Å². The van der Waals surface area contributed by atoms with Crippen molar-refractivity contribution in [1.29, 1.82) is 0 Å². The van der Waals surface area contributed by atoms with Crippen LogP contribution in [0.2, 0.25) is 0 Å². The Morgan fingerprint density at radius 2 is 1.76 bits per heavy atom. The monoisotopic (exact) mass is 296 g/mol. The number of anilines is 1. The van der Waals surface area contributed by atoms with Crippen molar-refractivity contribution in [2.45, 2.75) is 19.3 Å². The zero-order valence-electron chi connectivity index (χ0n) is 12.2. The van der Waals surface area contributed by atoms with Crippen LogP contribution in [0.1, 0.15) is 18.4 Å². The average Bonchev–Trinajstić information content (AvgIpc) is 2.52. The lowest BCUT2D eigenvalue weighted by Gasteiger charge is -2.32. The molecule has 2 heterocycles. The summed E-state index contributed by atoms with van der Waals surface area (Å²) < 4.78 is 32.6. The second-order valence-corrected chi connectivity index (χ2v) is 5.89. The molecule has 0 bridgehead atoms. The number of benzene rings is 1. The molecule has 1 N–H and O–H groups in total. The molecule has 0 unspecified atom stereocenters. The van der Waals surface area contributed by atoms with E-state index in [0.717, 1.165) is 56.7 Å². The Labute approximate surface area is 124 Å². The lowest BCUT2D eigenvalue weighted by molar-refractivity contribution is 0.122. The molecule has 3 rings (SSSR count). The van der Waals surface area contributed by atoms with Crippen LogP contribution in [0.5, 0.6) is 0 Å². The summed E-state index contributed by atoms with van der Waals surface area (Å²) >= 11 is 0. The molecular weight excluding hydrogens is 274 g/mol. The van der Waals surface area contributed by atoms with Gasteiger partial charge in [-0.1, -0.05) is 0 Å². The van der Waals surface area contributed by atoms with E-state index in [-0.39, 0.29) is 0 Å². The molecule has 0 aromatic heterocycles. The molecule has 0 radical (unpaired) electrons. The third-order valence-corrected chi connectivity index (χ3v) is 4.44.